The van der Waals surface area contributed by atoms with Crippen LogP contribution in [0.1, 0.15) is 53.4 Å². The van der Waals surface area contributed by atoms with Crippen LogP contribution in [0.25, 0.3) is 0 Å². The predicted octanol–water partition coefficient (Wildman–Crippen LogP) is 0.0463. The lowest BCUT2D eigenvalue weighted by Crippen LogP contribution is -2.64. The van der Waals surface area contributed by atoms with Gasteiger partial charge in [0.05, 0.1) is 19.8 Å². The third-order valence-electron chi connectivity index (χ3n) is 6.78. The Balaban J connectivity index is 1.88. The van der Waals surface area contributed by atoms with E-state index in [4.69, 9.17) is 18.9 Å². The highest BCUT2D eigenvalue weighted by Crippen LogP contribution is 2.29. The molecule has 0 amide bonds. The third kappa shape index (κ3) is 9.46. The van der Waals surface area contributed by atoms with E-state index in [0.717, 1.165) is 31.3 Å². The second kappa shape index (κ2) is 16.1. The summed E-state index contributed by atoms with van der Waals surface area (Å²) in [7, 11) is 0. The Kier molecular flexibility index (Phi) is 14.0. The first-order valence-electron chi connectivity index (χ1n) is 13.1. The fourth-order valence-electron chi connectivity index (χ4n) is 4.32. The molecule has 38 heavy (non-hydrogen) atoms. The fraction of sp³-hybridized carbons (Fsp3) is 0.778. The molecule has 2 aliphatic heterocycles. The Hall–Kier alpha value is -1.22. The molecule has 11 nitrogen and oxygen atoms in total. The van der Waals surface area contributed by atoms with Gasteiger partial charge in [0, 0.05) is 0 Å². The van der Waals surface area contributed by atoms with Gasteiger partial charge in [0.1, 0.15) is 48.8 Å². The Morgan fingerprint density at radius 3 is 1.82 bits per heavy atom. The lowest BCUT2D eigenvalue weighted by atomic mass is 9.97. The molecule has 0 aromatic heterocycles. The molecule has 0 aliphatic carbocycles. The molecule has 2 heterocycles. The number of hydrogen-bond donors (Lipinski definition) is 7. The van der Waals surface area contributed by atoms with Crippen molar-refractivity contribution in [3.63, 3.8) is 0 Å². The molecule has 7 N–H and O–H groups in total. The van der Waals surface area contributed by atoms with Crippen molar-refractivity contribution < 1.29 is 54.7 Å². The molecule has 2 fully saturated rings. The van der Waals surface area contributed by atoms with Gasteiger partial charge in [-0.15, -0.1) is 0 Å². The van der Waals surface area contributed by atoms with E-state index in [0.29, 0.717) is 0 Å². The largest absolute Gasteiger partial charge is 0.394 e. The lowest BCUT2D eigenvalue weighted by Gasteiger charge is -2.45. The second-order valence-corrected chi connectivity index (χ2v) is 10.3. The number of hydrogen-bond acceptors (Lipinski definition) is 11. The van der Waals surface area contributed by atoms with Gasteiger partial charge < -0.3 is 54.7 Å². The Labute approximate surface area is 224 Å². The molecular weight excluding hydrogens is 500 g/mol. The molecule has 2 rings (SSSR count). The molecule has 10 atom stereocenters. The van der Waals surface area contributed by atoms with E-state index in [1.54, 1.807) is 0 Å². The Bertz CT molecular complexity index is 790. The van der Waals surface area contributed by atoms with Gasteiger partial charge in [-0.3, -0.25) is 0 Å². The van der Waals surface area contributed by atoms with Crippen LogP contribution >= 0.6 is 0 Å². The van der Waals surface area contributed by atoms with E-state index in [1.165, 1.54) is 11.1 Å². The highest BCUT2D eigenvalue weighted by atomic mass is 16.7. The van der Waals surface area contributed by atoms with Crippen LogP contribution in [0.15, 0.2) is 34.9 Å². The highest BCUT2D eigenvalue weighted by molar-refractivity contribution is 5.05. The molecule has 11 heteroatoms. The molecule has 0 saturated carbocycles. The standard InChI is InChI=1S/C27H46O11/c1-15(2)7-5-8-16(3)9-6-10-17(4)11-12-35-26-24(34)22(32)25(19(14-29)37-26)38-27-23(33)21(31)20(30)18(13-28)36-27/h7,9,11,18-34H,5-6,8,10,12-14H2,1-4H3/b16-9+,17-11+/t18-,19-,20-,21+,22-,23-,24-,25-,26?,27?/m1/s1. The first kappa shape index (κ1) is 33.0. The van der Waals surface area contributed by atoms with Crippen LogP contribution in [0, 0.1) is 0 Å². The Morgan fingerprint density at radius 2 is 1.21 bits per heavy atom. The average molecular weight is 547 g/mol. The first-order valence-corrected chi connectivity index (χ1v) is 13.1. The smallest absolute Gasteiger partial charge is 0.187 e. The van der Waals surface area contributed by atoms with Crippen LogP contribution in [0.2, 0.25) is 0 Å². The zero-order valence-corrected chi connectivity index (χ0v) is 22.7. The zero-order chi connectivity index (χ0) is 28.4. The SMILES string of the molecule is CC(C)=CCC/C(C)=C/CC/C(C)=C/COC1O[C@H](CO)[C@@H](OC2O[C@H](CO)[C@@H](O)[C@H](O)[C@H]2O)[C@H](O)[C@H]1O. The van der Waals surface area contributed by atoms with Crippen molar-refractivity contribution in [2.24, 2.45) is 0 Å². The van der Waals surface area contributed by atoms with Crippen molar-refractivity contribution in [3.8, 4) is 0 Å². The maximum absolute atomic E-state index is 10.7. The molecule has 220 valence electrons. The van der Waals surface area contributed by atoms with Gasteiger partial charge in [0.15, 0.2) is 12.6 Å². The molecule has 2 aliphatic rings. The summed E-state index contributed by atoms with van der Waals surface area (Å²) in [6.07, 6.45) is -4.56. The monoisotopic (exact) mass is 546 g/mol. The van der Waals surface area contributed by atoms with Crippen LogP contribution in [-0.4, -0.2) is 117 Å². The van der Waals surface area contributed by atoms with E-state index >= 15 is 0 Å². The van der Waals surface area contributed by atoms with E-state index in [9.17, 15) is 35.7 Å². The Morgan fingerprint density at radius 1 is 0.658 bits per heavy atom. The van der Waals surface area contributed by atoms with Crippen molar-refractivity contribution in [1.82, 2.24) is 0 Å². The summed E-state index contributed by atoms with van der Waals surface area (Å²) in [5.74, 6) is 0. The van der Waals surface area contributed by atoms with Crippen LogP contribution in [0.3, 0.4) is 0 Å². The third-order valence-corrected chi connectivity index (χ3v) is 6.78. The number of aliphatic hydroxyl groups is 7. The van der Waals surface area contributed by atoms with Gasteiger partial charge in [-0.05, 0) is 53.4 Å². The lowest BCUT2D eigenvalue weighted by molar-refractivity contribution is -0.358. The van der Waals surface area contributed by atoms with Gasteiger partial charge in [-0.25, -0.2) is 0 Å². The number of rotatable bonds is 13. The topological polar surface area (TPSA) is 179 Å². The predicted molar refractivity (Wildman–Crippen MR) is 138 cm³/mol. The van der Waals surface area contributed by atoms with Gasteiger partial charge in [0.25, 0.3) is 0 Å². The maximum atomic E-state index is 10.7. The minimum Gasteiger partial charge on any atom is -0.394 e. The molecule has 0 radical (unpaired) electrons. The van der Waals surface area contributed by atoms with Gasteiger partial charge >= 0.3 is 0 Å². The molecule has 2 saturated heterocycles. The maximum Gasteiger partial charge on any atom is 0.187 e. The van der Waals surface area contributed by atoms with Crippen molar-refractivity contribution in [2.75, 3.05) is 19.8 Å². The molecule has 0 bridgehead atoms. The molecular formula is C27H46O11. The average Bonchev–Trinajstić information content (AvgIpc) is 2.87. The summed E-state index contributed by atoms with van der Waals surface area (Å²) in [6, 6.07) is 0. The van der Waals surface area contributed by atoms with E-state index < -0.39 is 74.6 Å². The van der Waals surface area contributed by atoms with Gasteiger partial charge in [0.2, 0.25) is 0 Å². The minimum atomic E-state index is -1.71. The van der Waals surface area contributed by atoms with E-state index in [-0.39, 0.29) is 6.61 Å². The van der Waals surface area contributed by atoms with Crippen LogP contribution in [-0.2, 0) is 18.9 Å². The van der Waals surface area contributed by atoms with Crippen molar-refractivity contribution >= 4 is 0 Å². The fourth-order valence-corrected chi connectivity index (χ4v) is 4.32. The summed E-state index contributed by atoms with van der Waals surface area (Å²) in [6.45, 7) is 7.13. The number of ether oxygens (including phenoxy) is 4. The highest BCUT2D eigenvalue weighted by Gasteiger charge is 2.50. The van der Waals surface area contributed by atoms with E-state index in [2.05, 4.69) is 32.9 Å². The van der Waals surface area contributed by atoms with Crippen molar-refractivity contribution in [3.05, 3.63) is 34.9 Å². The van der Waals surface area contributed by atoms with Gasteiger partial charge in [-0.2, -0.15) is 0 Å². The molecule has 0 aromatic rings. The second-order valence-electron chi connectivity index (χ2n) is 10.3. The van der Waals surface area contributed by atoms with Crippen molar-refractivity contribution in [2.45, 2.75) is 115 Å². The summed E-state index contributed by atoms with van der Waals surface area (Å²) >= 11 is 0. The first-order chi connectivity index (χ1) is 18.0. The quantitative estimate of drug-likeness (QED) is 0.155. The molecule has 0 spiro atoms. The minimum absolute atomic E-state index is 0.111. The summed E-state index contributed by atoms with van der Waals surface area (Å²) in [5.41, 5.74) is 3.75. The van der Waals surface area contributed by atoms with E-state index in [1.807, 2.05) is 13.0 Å². The number of aliphatic hydroxyl groups excluding tert-OH is 7. The molecule has 2 unspecified atom stereocenters. The van der Waals surface area contributed by atoms with Gasteiger partial charge in [-0.1, -0.05) is 34.9 Å². The normalized spacial score (nSPS) is 36.8. The van der Waals surface area contributed by atoms with Crippen molar-refractivity contribution in [1.29, 1.82) is 0 Å². The summed E-state index contributed by atoms with van der Waals surface area (Å²) < 4.78 is 22.1. The summed E-state index contributed by atoms with van der Waals surface area (Å²) in [5, 5.41) is 70.5. The van der Waals surface area contributed by atoms with Crippen LogP contribution in [0.5, 0.6) is 0 Å². The van der Waals surface area contributed by atoms with Crippen LogP contribution < -0.4 is 0 Å². The zero-order valence-electron chi connectivity index (χ0n) is 22.7. The van der Waals surface area contributed by atoms with Crippen LogP contribution in [0.4, 0.5) is 0 Å². The summed E-state index contributed by atoms with van der Waals surface area (Å²) in [4.78, 5) is 0. The number of allylic oxidation sites excluding steroid dienone is 5. The molecule has 0 aromatic carbocycles.